The van der Waals surface area contributed by atoms with Crippen molar-refractivity contribution in [1.82, 2.24) is 9.78 Å². The number of nitrogens with one attached hydrogen (secondary N) is 1. The van der Waals surface area contributed by atoms with Crippen LogP contribution in [-0.2, 0) is 20.0 Å². The second-order valence-electron chi connectivity index (χ2n) is 4.50. The first-order chi connectivity index (χ1) is 9.99. The monoisotopic (exact) mass is 359 g/mol. The lowest BCUT2D eigenvalue weighted by molar-refractivity contribution is -0.0504. The molecule has 0 spiro atoms. The summed E-state index contributed by atoms with van der Waals surface area (Å²) < 4.78 is 31.9. The molecule has 0 fully saturated rings. The van der Waals surface area contributed by atoms with Crippen molar-refractivity contribution in [2.24, 2.45) is 7.05 Å². The van der Waals surface area contributed by atoms with Gasteiger partial charge in [0.1, 0.15) is 5.75 Å². The van der Waals surface area contributed by atoms with Gasteiger partial charge in [-0.15, -0.1) is 0 Å². The fraction of sp³-hybridized carbons (Fsp3) is 0.357. The van der Waals surface area contributed by atoms with E-state index in [1.807, 2.05) is 20.2 Å². The zero-order valence-electron chi connectivity index (χ0n) is 11.7. The lowest BCUT2D eigenvalue weighted by Gasteiger charge is -2.12. The molecule has 0 bridgehead atoms. The number of hydrogen-bond donors (Lipinski definition) is 1. The van der Waals surface area contributed by atoms with Gasteiger partial charge in [-0.3, -0.25) is 4.68 Å². The molecular formula is C14H16BrF2N3O. The van der Waals surface area contributed by atoms with Gasteiger partial charge >= 0.3 is 6.61 Å². The molecule has 0 atom stereocenters. The van der Waals surface area contributed by atoms with Gasteiger partial charge in [-0.2, -0.15) is 13.9 Å². The average molecular weight is 360 g/mol. The Morgan fingerprint density at radius 1 is 1.43 bits per heavy atom. The highest BCUT2D eigenvalue weighted by atomic mass is 79.9. The highest BCUT2D eigenvalue weighted by Gasteiger charge is 2.11. The maximum absolute atomic E-state index is 12.4. The van der Waals surface area contributed by atoms with Crippen molar-refractivity contribution in [3.63, 3.8) is 0 Å². The molecule has 0 amide bonds. The number of rotatable bonds is 6. The standard InChI is InChI=1S/C14H16BrF2N3O/c1-3-11-12(8-20(2)19-11)18-7-9-6-10(15)4-5-13(9)21-14(16)17/h4-6,8,14,18H,3,7H2,1-2H3. The Kier molecular flexibility index (Phi) is 5.17. The van der Waals surface area contributed by atoms with E-state index in [1.165, 1.54) is 6.07 Å². The van der Waals surface area contributed by atoms with Crippen LogP contribution in [0.5, 0.6) is 5.75 Å². The molecule has 0 aliphatic carbocycles. The summed E-state index contributed by atoms with van der Waals surface area (Å²) in [5.74, 6) is 0.169. The molecule has 2 rings (SSSR count). The summed E-state index contributed by atoms with van der Waals surface area (Å²) in [6, 6.07) is 4.95. The largest absolute Gasteiger partial charge is 0.434 e. The van der Waals surface area contributed by atoms with Gasteiger partial charge < -0.3 is 10.1 Å². The molecule has 21 heavy (non-hydrogen) atoms. The van der Waals surface area contributed by atoms with Crippen LogP contribution < -0.4 is 10.1 Å². The highest BCUT2D eigenvalue weighted by Crippen LogP contribution is 2.26. The summed E-state index contributed by atoms with van der Waals surface area (Å²) in [4.78, 5) is 0. The quantitative estimate of drug-likeness (QED) is 0.848. The van der Waals surface area contributed by atoms with Crippen LogP contribution in [0.1, 0.15) is 18.2 Å². The van der Waals surface area contributed by atoms with Gasteiger partial charge in [0, 0.05) is 29.8 Å². The first-order valence-electron chi connectivity index (χ1n) is 6.49. The van der Waals surface area contributed by atoms with E-state index in [1.54, 1.807) is 16.8 Å². The summed E-state index contributed by atoms with van der Waals surface area (Å²) >= 11 is 3.33. The molecule has 7 heteroatoms. The molecule has 114 valence electrons. The molecule has 0 aliphatic rings. The van der Waals surface area contributed by atoms with E-state index in [0.29, 0.717) is 12.1 Å². The fourth-order valence-electron chi connectivity index (χ4n) is 2.03. The minimum absolute atomic E-state index is 0.169. The van der Waals surface area contributed by atoms with Gasteiger partial charge in [0.15, 0.2) is 0 Å². The number of aryl methyl sites for hydroxylation is 2. The number of alkyl halides is 2. The minimum atomic E-state index is -2.84. The van der Waals surface area contributed by atoms with Crippen molar-refractivity contribution in [1.29, 1.82) is 0 Å². The maximum Gasteiger partial charge on any atom is 0.387 e. The van der Waals surface area contributed by atoms with Gasteiger partial charge in [-0.1, -0.05) is 22.9 Å². The van der Waals surface area contributed by atoms with Crippen molar-refractivity contribution < 1.29 is 13.5 Å². The van der Waals surface area contributed by atoms with Crippen molar-refractivity contribution in [3.8, 4) is 5.75 Å². The maximum atomic E-state index is 12.4. The minimum Gasteiger partial charge on any atom is -0.434 e. The lowest BCUT2D eigenvalue weighted by atomic mass is 10.2. The third-order valence-electron chi connectivity index (χ3n) is 2.95. The van der Waals surface area contributed by atoms with Gasteiger partial charge in [-0.05, 0) is 24.6 Å². The van der Waals surface area contributed by atoms with E-state index < -0.39 is 6.61 Å². The first-order valence-corrected chi connectivity index (χ1v) is 7.28. The Labute approximate surface area is 130 Å². The number of anilines is 1. The van der Waals surface area contributed by atoms with E-state index in [9.17, 15) is 8.78 Å². The summed E-state index contributed by atoms with van der Waals surface area (Å²) in [5, 5.41) is 7.54. The molecular weight excluding hydrogens is 344 g/mol. The number of nitrogens with zero attached hydrogens (tertiary/aromatic N) is 2. The Morgan fingerprint density at radius 2 is 2.19 bits per heavy atom. The smallest absolute Gasteiger partial charge is 0.387 e. The summed E-state index contributed by atoms with van der Waals surface area (Å²) in [7, 11) is 1.84. The average Bonchev–Trinajstić information content (AvgIpc) is 2.79. The summed E-state index contributed by atoms with van der Waals surface area (Å²) in [6.45, 7) is -0.451. The van der Waals surface area contributed by atoms with Gasteiger partial charge in [0.2, 0.25) is 0 Å². The van der Waals surface area contributed by atoms with E-state index in [4.69, 9.17) is 0 Å². The van der Waals surface area contributed by atoms with E-state index in [0.717, 1.165) is 22.3 Å². The predicted molar refractivity (Wildman–Crippen MR) is 80.7 cm³/mol. The zero-order valence-corrected chi connectivity index (χ0v) is 13.3. The molecule has 0 aliphatic heterocycles. The molecule has 4 nitrogen and oxygen atoms in total. The number of hydrogen-bond acceptors (Lipinski definition) is 3. The molecule has 0 unspecified atom stereocenters. The van der Waals surface area contributed by atoms with Crippen LogP contribution in [0.4, 0.5) is 14.5 Å². The van der Waals surface area contributed by atoms with Gasteiger partial charge in [0.25, 0.3) is 0 Å². The highest BCUT2D eigenvalue weighted by molar-refractivity contribution is 9.10. The van der Waals surface area contributed by atoms with E-state index >= 15 is 0 Å². The number of benzene rings is 1. The molecule has 1 aromatic heterocycles. The van der Waals surface area contributed by atoms with Crippen molar-refractivity contribution in [3.05, 3.63) is 40.1 Å². The van der Waals surface area contributed by atoms with Crippen LogP contribution in [0.15, 0.2) is 28.9 Å². The summed E-state index contributed by atoms with van der Waals surface area (Å²) in [5.41, 5.74) is 2.47. The Balaban J connectivity index is 2.16. The van der Waals surface area contributed by atoms with Crippen LogP contribution in [0.25, 0.3) is 0 Å². The van der Waals surface area contributed by atoms with E-state index in [-0.39, 0.29) is 5.75 Å². The molecule has 0 radical (unpaired) electrons. The third-order valence-corrected chi connectivity index (χ3v) is 3.44. The SMILES string of the molecule is CCc1nn(C)cc1NCc1cc(Br)ccc1OC(F)F. The molecule has 0 saturated carbocycles. The number of halogens is 3. The summed E-state index contributed by atoms with van der Waals surface area (Å²) in [6.07, 6.45) is 2.66. The Hall–Kier alpha value is -1.63. The topological polar surface area (TPSA) is 39.1 Å². The molecule has 1 heterocycles. The molecule has 1 N–H and O–H groups in total. The number of ether oxygens (including phenoxy) is 1. The lowest BCUT2D eigenvalue weighted by Crippen LogP contribution is -2.07. The Morgan fingerprint density at radius 3 is 2.86 bits per heavy atom. The number of aromatic nitrogens is 2. The normalized spacial score (nSPS) is 11.0. The fourth-order valence-corrected chi connectivity index (χ4v) is 2.44. The molecule has 2 aromatic rings. The Bertz CT molecular complexity index is 616. The zero-order chi connectivity index (χ0) is 15.4. The van der Waals surface area contributed by atoms with Crippen LogP contribution >= 0.6 is 15.9 Å². The predicted octanol–water partition coefficient (Wildman–Crippen LogP) is 3.96. The van der Waals surface area contributed by atoms with Crippen molar-refractivity contribution in [2.45, 2.75) is 26.5 Å². The van der Waals surface area contributed by atoms with Crippen LogP contribution in [-0.4, -0.2) is 16.4 Å². The van der Waals surface area contributed by atoms with Crippen LogP contribution in [0.2, 0.25) is 0 Å². The van der Waals surface area contributed by atoms with Crippen molar-refractivity contribution in [2.75, 3.05) is 5.32 Å². The third kappa shape index (κ3) is 4.17. The molecule has 0 saturated heterocycles. The second kappa shape index (κ2) is 6.89. The van der Waals surface area contributed by atoms with Crippen LogP contribution in [0.3, 0.4) is 0 Å². The van der Waals surface area contributed by atoms with Crippen LogP contribution in [0, 0.1) is 0 Å². The van der Waals surface area contributed by atoms with Gasteiger partial charge in [0.05, 0.1) is 11.4 Å². The van der Waals surface area contributed by atoms with Crippen molar-refractivity contribution >= 4 is 21.6 Å². The van der Waals surface area contributed by atoms with E-state index in [2.05, 4.69) is 31.1 Å². The second-order valence-corrected chi connectivity index (χ2v) is 5.42. The first kappa shape index (κ1) is 15.8. The van der Waals surface area contributed by atoms with Gasteiger partial charge in [-0.25, -0.2) is 0 Å². The molecule has 1 aromatic carbocycles.